The highest BCUT2D eigenvalue weighted by molar-refractivity contribution is 5.99. The van der Waals surface area contributed by atoms with Gasteiger partial charge in [0.1, 0.15) is 0 Å². The lowest BCUT2D eigenvalue weighted by molar-refractivity contribution is 0.0722. The fourth-order valence-electron chi connectivity index (χ4n) is 3.63. The maximum atomic E-state index is 12.9. The van der Waals surface area contributed by atoms with E-state index in [1.807, 2.05) is 67.6 Å². The van der Waals surface area contributed by atoms with Gasteiger partial charge in [-0.3, -0.25) is 14.2 Å². The van der Waals surface area contributed by atoms with Crippen LogP contribution < -0.4 is 5.56 Å². The summed E-state index contributed by atoms with van der Waals surface area (Å²) < 4.78 is 1.32. The highest BCUT2D eigenvalue weighted by atomic mass is 16.3. The summed E-state index contributed by atoms with van der Waals surface area (Å²) in [5, 5.41) is 10.8. The molecule has 1 atom stereocenters. The molecule has 27 heavy (non-hydrogen) atoms. The predicted molar refractivity (Wildman–Crippen MR) is 103 cm³/mol. The molecule has 1 unspecified atom stereocenters. The van der Waals surface area contributed by atoms with Crippen LogP contribution in [0.1, 0.15) is 40.0 Å². The minimum Gasteiger partial charge on any atom is -0.494 e. The third-order valence-corrected chi connectivity index (χ3v) is 5.08. The van der Waals surface area contributed by atoms with E-state index in [9.17, 15) is 14.7 Å². The minimum atomic E-state index is -0.378. The van der Waals surface area contributed by atoms with Crippen LogP contribution in [0.2, 0.25) is 0 Å². The molecule has 3 aromatic rings. The third kappa shape index (κ3) is 3.01. The smallest absolute Gasteiger partial charge is 0.255 e. The fraction of sp³-hybridized carbons (Fsp3) is 0.182. The average molecular weight is 360 g/mol. The second-order valence-electron chi connectivity index (χ2n) is 6.80. The molecule has 0 spiro atoms. The Kier molecular flexibility index (Phi) is 4.28. The Morgan fingerprint density at radius 2 is 1.44 bits per heavy atom. The number of carbonyl (C=O) groups excluding carboxylic acids is 1. The summed E-state index contributed by atoms with van der Waals surface area (Å²) in [4.78, 5) is 27.1. The lowest BCUT2D eigenvalue weighted by Gasteiger charge is -2.22. The first-order valence-electron chi connectivity index (χ1n) is 8.92. The largest absolute Gasteiger partial charge is 0.494 e. The van der Waals surface area contributed by atoms with E-state index in [1.165, 1.54) is 10.6 Å². The minimum absolute atomic E-state index is 0.127. The zero-order valence-electron chi connectivity index (χ0n) is 15.0. The normalized spacial score (nSPS) is 15.8. The Hall–Kier alpha value is -3.34. The van der Waals surface area contributed by atoms with Crippen LogP contribution in [0.25, 0.3) is 0 Å². The van der Waals surface area contributed by atoms with Crippen LogP contribution in [0.3, 0.4) is 0 Å². The highest BCUT2D eigenvalue weighted by Gasteiger charge is 2.37. The molecule has 0 radical (unpaired) electrons. The van der Waals surface area contributed by atoms with Crippen molar-refractivity contribution in [1.82, 2.24) is 9.47 Å². The van der Waals surface area contributed by atoms with E-state index in [2.05, 4.69) is 0 Å². The van der Waals surface area contributed by atoms with E-state index in [1.54, 1.807) is 4.90 Å². The number of amides is 1. The summed E-state index contributed by atoms with van der Waals surface area (Å²) in [5.41, 5.74) is 2.35. The number of aromatic hydroxyl groups is 1. The van der Waals surface area contributed by atoms with Gasteiger partial charge < -0.3 is 10.0 Å². The van der Waals surface area contributed by atoms with Gasteiger partial charge in [0.2, 0.25) is 0 Å². The molecule has 1 aromatic heterocycles. The highest BCUT2D eigenvalue weighted by Crippen LogP contribution is 2.38. The molecule has 1 amide bonds. The second-order valence-corrected chi connectivity index (χ2v) is 6.80. The van der Waals surface area contributed by atoms with Gasteiger partial charge in [0.15, 0.2) is 5.88 Å². The van der Waals surface area contributed by atoms with E-state index in [-0.39, 0.29) is 29.9 Å². The van der Waals surface area contributed by atoms with Crippen LogP contribution in [0.15, 0.2) is 71.5 Å². The Morgan fingerprint density at radius 3 is 2.04 bits per heavy atom. The van der Waals surface area contributed by atoms with Gasteiger partial charge in [-0.15, -0.1) is 0 Å². The van der Waals surface area contributed by atoms with Crippen molar-refractivity contribution >= 4 is 5.91 Å². The number of nitrogens with zero attached hydrogens (tertiary/aromatic N) is 2. The van der Waals surface area contributed by atoms with E-state index in [0.29, 0.717) is 17.7 Å². The van der Waals surface area contributed by atoms with E-state index < -0.39 is 0 Å². The number of hydrogen-bond donors (Lipinski definition) is 1. The van der Waals surface area contributed by atoms with Crippen molar-refractivity contribution in [3.8, 4) is 5.88 Å². The van der Waals surface area contributed by atoms with Crippen LogP contribution in [-0.2, 0) is 13.1 Å². The van der Waals surface area contributed by atoms with E-state index >= 15 is 0 Å². The Bertz CT molecular complexity index is 1040. The van der Waals surface area contributed by atoms with Crippen LogP contribution in [0.5, 0.6) is 5.88 Å². The topological polar surface area (TPSA) is 62.5 Å². The Labute approximate surface area is 157 Å². The van der Waals surface area contributed by atoms with Crippen LogP contribution >= 0.6 is 0 Å². The van der Waals surface area contributed by atoms with Gasteiger partial charge in [-0.25, -0.2) is 0 Å². The molecular weight excluding hydrogens is 340 g/mol. The van der Waals surface area contributed by atoms with Crippen molar-refractivity contribution in [2.24, 2.45) is 0 Å². The Morgan fingerprint density at radius 1 is 0.889 bits per heavy atom. The SMILES string of the molecule is CC1c2c(cc(=O)n(Cc3ccccc3)c2O)C(=O)N1Cc1ccccc1. The number of rotatable bonds is 4. The van der Waals surface area contributed by atoms with Gasteiger partial charge in [0, 0.05) is 18.2 Å². The first-order valence-corrected chi connectivity index (χ1v) is 8.92. The molecule has 5 nitrogen and oxygen atoms in total. The monoisotopic (exact) mass is 360 g/mol. The summed E-state index contributed by atoms with van der Waals surface area (Å²) >= 11 is 0. The maximum absolute atomic E-state index is 12.9. The van der Waals surface area contributed by atoms with E-state index in [4.69, 9.17) is 0 Å². The number of pyridine rings is 1. The first-order chi connectivity index (χ1) is 13.1. The van der Waals surface area contributed by atoms with Crippen LogP contribution in [-0.4, -0.2) is 20.5 Å². The molecule has 1 N–H and O–H groups in total. The number of fused-ring (bicyclic) bond motifs is 1. The first kappa shape index (κ1) is 17.1. The van der Waals surface area contributed by atoms with E-state index in [0.717, 1.165) is 11.1 Å². The third-order valence-electron chi connectivity index (χ3n) is 5.08. The molecule has 0 aliphatic carbocycles. The van der Waals surface area contributed by atoms with Gasteiger partial charge in [0.05, 0.1) is 18.2 Å². The quantitative estimate of drug-likeness (QED) is 0.776. The van der Waals surface area contributed by atoms with Crippen LogP contribution in [0, 0.1) is 0 Å². The number of hydrogen-bond acceptors (Lipinski definition) is 3. The van der Waals surface area contributed by atoms with Crippen molar-refractivity contribution in [2.75, 3.05) is 0 Å². The van der Waals surface area contributed by atoms with Gasteiger partial charge >= 0.3 is 0 Å². The molecule has 0 fully saturated rings. The van der Waals surface area contributed by atoms with Crippen molar-refractivity contribution in [3.63, 3.8) is 0 Å². The Balaban J connectivity index is 1.72. The molecule has 4 rings (SSSR count). The average Bonchev–Trinajstić information content (AvgIpc) is 2.91. The molecular formula is C22H20N2O3. The second kappa shape index (κ2) is 6.76. The summed E-state index contributed by atoms with van der Waals surface area (Å²) in [6, 6.07) is 20.2. The van der Waals surface area contributed by atoms with Crippen LogP contribution in [0.4, 0.5) is 0 Å². The number of aromatic nitrogens is 1. The number of benzene rings is 2. The lowest BCUT2D eigenvalue weighted by Crippen LogP contribution is -2.26. The summed E-state index contributed by atoms with van der Waals surface area (Å²) in [7, 11) is 0. The van der Waals surface area contributed by atoms with Gasteiger partial charge in [-0.2, -0.15) is 0 Å². The number of carbonyl (C=O) groups is 1. The fourth-order valence-corrected chi connectivity index (χ4v) is 3.63. The van der Waals surface area contributed by atoms with Crippen molar-refractivity contribution < 1.29 is 9.90 Å². The molecule has 2 heterocycles. The molecule has 0 bridgehead atoms. The van der Waals surface area contributed by atoms with Crippen molar-refractivity contribution in [2.45, 2.75) is 26.1 Å². The molecule has 1 aliphatic heterocycles. The van der Waals surface area contributed by atoms with Gasteiger partial charge in [-0.1, -0.05) is 60.7 Å². The maximum Gasteiger partial charge on any atom is 0.255 e. The van der Waals surface area contributed by atoms with Gasteiger partial charge in [0.25, 0.3) is 11.5 Å². The van der Waals surface area contributed by atoms with Crippen molar-refractivity contribution in [3.05, 3.63) is 99.3 Å². The molecule has 2 aromatic carbocycles. The summed E-state index contributed by atoms with van der Waals surface area (Å²) in [5.74, 6) is -0.349. The molecule has 0 saturated carbocycles. The summed E-state index contributed by atoms with van der Waals surface area (Å²) in [6.07, 6.45) is 0. The van der Waals surface area contributed by atoms with Gasteiger partial charge in [-0.05, 0) is 18.1 Å². The lowest BCUT2D eigenvalue weighted by atomic mass is 10.1. The molecule has 136 valence electrons. The molecule has 0 saturated heterocycles. The zero-order valence-corrected chi connectivity index (χ0v) is 15.0. The molecule has 5 heteroatoms. The standard InChI is InChI=1S/C22H20N2O3/c1-15-20-18(21(26)23(15)13-16-8-4-2-5-9-16)12-19(25)24(22(20)27)14-17-10-6-3-7-11-17/h2-12,15,27H,13-14H2,1H3. The summed E-state index contributed by atoms with van der Waals surface area (Å²) in [6.45, 7) is 2.57. The van der Waals surface area contributed by atoms with Crippen molar-refractivity contribution in [1.29, 1.82) is 0 Å². The molecule has 1 aliphatic rings. The zero-order chi connectivity index (χ0) is 19.0. The predicted octanol–water partition coefficient (Wildman–Crippen LogP) is 3.32.